The highest BCUT2D eigenvalue weighted by Crippen LogP contribution is 2.35. The fourth-order valence-electron chi connectivity index (χ4n) is 5.69. The summed E-state index contributed by atoms with van der Waals surface area (Å²) in [6, 6.07) is 15.4. The van der Waals surface area contributed by atoms with Crippen LogP contribution in [0.1, 0.15) is 17.5 Å². The van der Waals surface area contributed by atoms with Crippen LogP contribution in [-0.2, 0) is 0 Å². The first-order chi connectivity index (χ1) is 17.5. The van der Waals surface area contributed by atoms with Crippen LogP contribution in [-0.4, -0.2) is 67.3 Å². The van der Waals surface area contributed by atoms with Crippen LogP contribution >= 0.6 is 0 Å². The summed E-state index contributed by atoms with van der Waals surface area (Å²) in [5, 5.41) is 4.49. The molecule has 0 bridgehead atoms. The van der Waals surface area contributed by atoms with Gasteiger partial charge in [-0.2, -0.15) is 0 Å². The zero-order valence-corrected chi connectivity index (χ0v) is 21.5. The van der Waals surface area contributed by atoms with Crippen molar-refractivity contribution >= 4 is 16.7 Å². The minimum atomic E-state index is 0.269. The number of hydrogen-bond acceptors (Lipinski definition) is 5. The number of piperazine rings is 1. The van der Waals surface area contributed by atoms with Crippen LogP contribution < -0.4 is 15.0 Å². The number of aromatic nitrogens is 2. The number of nitrogens with zero attached hydrogens (tertiary/aromatic N) is 3. The Balaban J connectivity index is 1.29. The van der Waals surface area contributed by atoms with Crippen molar-refractivity contribution in [1.82, 2.24) is 20.2 Å². The summed E-state index contributed by atoms with van der Waals surface area (Å²) in [6.07, 6.45) is 5.38. The Bertz CT molecular complexity index is 1340. The first-order valence-corrected chi connectivity index (χ1v) is 13.1. The monoisotopic (exact) mass is 481 g/mol. The Morgan fingerprint density at radius 2 is 1.67 bits per heavy atom. The van der Waals surface area contributed by atoms with Gasteiger partial charge in [-0.05, 0) is 86.4 Å². The van der Waals surface area contributed by atoms with E-state index in [1.807, 2.05) is 6.20 Å². The predicted octanol–water partition coefficient (Wildman–Crippen LogP) is 5.01. The van der Waals surface area contributed by atoms with Crippen molar-refractivity contribution in [3.8, 4) is 28.0 Å². The van der Waals surface area contributed by atoms with Crippen molar-refractivity contribution in [2.24, 2.45) is 0 Å². The van der Waals surface area contributed by atoms with Crippen LogP contribution in [0.4, 0.5) is 5.69 Å². The maximum Gasteiger partial charge on any atom is 0.137 e. The molecule has 0 aliphatic carbocycles. The third-order valence-electron chi connectivity index (χ3n) is 7.66. The molecule has 2 aliphatic heterocycles. The van der Waals surface area contributed by atoms with E-state index < -0.39 is 0 Å². The van der Waals surface area contributed by atoms with Crippen molar-refractivity contribution in [3.63, 3.8) is 0 Å². The summed E-state index contributed by atoms with van der Waals surface area (Å²) >= 11 is 0. The zero-order chi connectivity index (χ0) is 24.6. The van der Waals surface area contributed by atoms with Gasteiger partial charge in [0.15, 0.2) is 0 Å². The maximum atomic E-state index is 6.10. The molecule has 0 spiro atoms. The highest BCUT2D eigenvalue weighted by molar-refractivity contribution is 5.96. The average molecular weight is 482 g/mol. The molecule has 1 unspecified atom stereocenters. The van der Waals surface area contributed by atoms with Gasteiger partial charge in [0.1, 0.15) is 17.5 Å². The molecule has 0 amide bonds. The van der Waals surface area contributed by atoms with E-state index in [0.717, 1.165) is 79.2 Å². The van der Waals surface area contributed by atoms with Gasteiger partial charge in [0.05, 0.1) is 0 Å². The minimum Gasteiger partial charge on any atom is -0.489 e. The normalized spacial score (nSPS) is 18.8. The van der Waals surface area contributed by atoms with E-state index in [1.165, 1.54) is 22.4 Å². The molecule has 6 heteroatoms. The number of nitrogens with one attached hydrogen (secondary N) is 2. The van der Waals surface area contributed by atoms with Crippen LogP contribution in [0.5, 0.6) is 5.75 Å². The predicted molar refractivity (Wildman–Crippen MR) is 148 cm³/mol. The molecule has 2 saturated heterocycles. The number of hydrogen-bond donors (Lipinski definition) is 2. The molecule has 2 aromatic carbocycles. The van der Waals surface area contributed by atoms with Gasteiger partial charge in [-0.15, -0.1) is 0 Å². The summed E-state index contributed by atoms with van der Waals surface area (Å²) in [5.74, 6) is 0.928. The molecule has 2 aromatic heterocycles. The smallest absolute Gasteiger partial charge is 0.137 e. The lowest BCUT2D eigenvalue weighted by atomic mass is 9.97. The number of likely N-dealkylation sites (N-methyl/N-ethyl adjacent to an activating group) is 1. The first-order valence-electron chi connectivity index (χ1n) is 13.1. The van der Waals surface area contributed by atoms with Crippen LogP contribution in [0.2, 0.25) is 0 Å². The van der Waals surface area contributed by atoms with Crippen LogP contribution in [0.3, 0.4) is 0 Å². The molecule has 1 atom stereocenters. The van der Waals surface area contributed by atoms with Gasteiger partial charge in [-0.3, -0.25) is 0 Å². The van der Waals surface area contributed by atoms with Gasteiger partial charge in [0, 0.05) is 67.3 Å². The number of fused-ring (bicyclic) bond motifs is 1. The molecule has 2 fully saturated rings. The summed E-state index contributed by atoms with van der Waals surface area (Å²) in [7, 11) is 2.20. The van der Waals surface area contributed by atoms with E-state index in [4.69, 9.17) is 9.72 Å². The lowest BCUT2D eigenvalue weighted by molar-refractivity contribution is 0.223. The van der Waals surface area contributed by atoms with Crippen LogP contribution in [0, 0.1) is 13.8 Å². The van der Waals surface area contributed by atoms with Crippen molar-refractivity contribution in [2.75, 3.05) is 51.2 Å². The molecule has 6 nitrogen and oxygen atoms in total. The standard InChI is InChI=1S/C30H35N5O/c1-20-14-23(15-21(2)29(20)35-12-10-34(3)11-13-35)24-16-27-28(19-33-30(27)32-17-24)22-4-6-25(7-5-22)36-26-8-9-31-18-26/h4-7,14-17,19,26,31H,8-13,18H2,1-3H3,(H,32,33). The second kappa shape index (κ2) is 9.60. The largest absolute Gasteiger partial charge is 0.489 e. The number of ether oxygens (including phenoxy) is 1. The molecular weight excluding hydrogens is 446 g/mol. The molecule has 186 valence electrons. The van der Waals surface area contributed by atoms with E-state index in [0.29, 0.717) is 0 Å². The second-order valence-corrected chi connectivity index (χ2v) is 10.3. The Hall–Kier alpha value is -3.35. The van der Waals surface area contributed by atoms with Crippen molar-refractivity contribution < 1.29 is 4.74 Å². The van der Waals surface area contributed by atoms with E-state index in [-0.39, 0.29) is 6.10 Å². The molecule has 0 radical (unpaired) electrons. The van der Waals surface area contributed by atoms with E-state index >= 15 is 0 Å². The van der Waals surface area contributed by atoms with Gasteiger partial charge in [-0.25, -0.2) is 4.98 Å². The van der Waals surface area contributed by atoms with Gasteiger partial charge in [0.2, 0.25) is 0 Å². The van der Waals surface area contributed by atoms with Gasteiger partial charge in [0.25, 0.3) is 0 Å². The van der Waals surface area contributed by atoms with E-state index in [9.17, 15) is 0 Å². The highest BCUT2D eigenvalue weighted by Gasteiger charge is 2.19. The fourth-order valence-corrected chi connectivity index (χ4v) is 5.69. The summed E-state index contributed by atoms with van der Waals surface area (Å²) < 4.78 is 6.10. The summed E-state index contributed by atoms with van der Waals surface area (Å²) in [4.78, 5) is 13.1. The topological polar surface area (TPSA) is 56.4 Å². The third-order valence-corrected chi connectivity index (χ3v) is 7.66. The highest BCUT2D eigenvalue weighted by atomic mass is 16.5. The third kappa shape index (κ3) is 4.47. The number of anilines is 1. The minimum absolute atomic E-state index is 0.269. The molecule has 2 N–H and O–H groups in total. The van der Waals surface area contributed by atoms with Crippen LogP contribution in [0.25, 0.3) is 33.3 Å². The van der Waals surface area contributed by atoms with Gasteiger partial charge in [-0.1, -0.05) is 12.1 Å². The molecule has 4 heterocycles. The van der Waals surface area contributed by atoms with E-state index in [2.05, 4.69) is 89.7 Å². The van der Waals surface area contributed by atoms with Crippen molar-refractivity contribution in [3.05, 3.63) is 66.0 Å². The molecule has 36 heavy (non-hydrogen) atoms. The molecule has 4 aromatic rings. The Kier molecular flexibility index (Phi) is 6.15. The summed E-state index contributed by atoms with van der Waals surface area (Å²) in [5.41, 5.74) is 9.65. The maximum absolute atomic E-state index is 6.10. The van der Waals surface area contributed by atoms with Gasteiger partial charge < -0.3 is 24.8 Å². The second-order valence-electron chi connectivity index (χ2n) is 10.3. The Labute approximate surface area is 213 Å². The number of rotatable bonds is 5. The quantitative estimate of drug-likeness (QED) is 0.420. The van der Waals surface area contributed by atoms with Crippen molar-refractivity contribution in [1.29, 1.82) is 0 Å². The van der Waals surface area contributed by atoms with Gasteiger partial charge >= 0.3 is 0 Å². The SMILES string of the molecule is Cc1cc(-c2cnc3[nH]cc(-c4ccc(OC5CCNC5)cc4)c3c2)cc(C)c1N1CCN(C)CC1. The number of pyridine rings is 1. The number of aryl methyl sites for hydroxylation is 2. The summed E-state index contributed by atoms with van der Waals surface area (Å²) in [6.45, 7) is 10.8. The number of H-pyrrole nitrogens is 1. The number of aromatic amines is 1. The zero-order valence-electron chi connectivity index (χ0n) is 21.5. The molecule has 6 rings (SSSR count). The fraction of sp³-hybridized carbons (Fsp3) is 0.367. The first kappa shape index (κ1) is 23.1. The van der Waals surface area contributed by atoms with Crippen LogP contribution in [0.15, 0.2) is 54.9 Å². The molecule has 0 saturated carbocycles. The lowest BCUT2D eigenvalue weighted by Gasteiger charge is -2.36. The number of benzene rings is 2. The lowest BCUT2D eigenvalue weighted by Crippen LogP contribution is -2.45. The Morgan fingerprint density at radius 3 is 2.36 bits per heavy atom. The van der Waals surface area contributed by atoms with E-state index in [1.54, 1.807) is 0 Å². The average Bonchev–Trinajstić information content (AvgIpc) is 3.55. The molecular formula is C30H35N5O. The van der Waals surface area contributed by atoms with Crippen molar-refractivity contribution in [2.45, 2.75) is 26.4 Å². The Morgan fingerprint density at radius 1 is 0.917 bits per heavy atom. The molecule has 2 aliphatic rings.